The molecule has 0 unspecified atom stereocenters. The first-order valence-electron chi connectivity index (χ1n) is 9.40. The fraction of sp³-hybridized carbons (Fsp3) is 0.700. The molecule has 144 valence electrons. The molecular formula is C20H30N2O4. The first-order chi connectivity index (χ1) is 12.3. The van der Waals surface area contributed by atoms with Gasteiger partial charge in [-0.3, -0.25) is 4.98 Å². The number of ether oxygens (including phenoxy) is 3. The molecule has 3 rings (SSSR count). The molecule has 26 heavy (non-hydrogen) atoms. The van der Waals surface area contributed by atoms with Gasteiger partial charge in [0.2, 0.25) is 0 Å². The van der Waals surface area contributed by atoms with Crippen LogP contribution in [-0.4, -0.2) is 54.5 Å². The highest BCUT2D eigenvalue weighted by atomic mass is 16.6. The number of hydrogen-bond donors (Lipinski definition) is 0. The van der Waals surface area contributed by atoms with Crippen molar-refractivity contribution in [3.63, 3.8) is 0 Å². The van der Waals surface area contributed by atoms with Gasteiger partial charge in [-0.2, -0.15) is 0 Å². The Labute approximate surface area is 155 Å². The zero-order chi connectivity index (χ0) is 18.8. The van der Waals surface area contributed by atoms with E-state index in [4.69, 9.17) is 14.2 Å². The number of methoxy groups -OCH3 is 1. The van der Waals surface area contributed by atoms with E-state index < -0.39 is 5.60 Å². The predicted molar refractivity (Wildman–Crippen MR) is 98.5 cm³/mol. The second-order valence-electron chi connectivity index (χ2n) is 8.36. The molecule has 1 amide bonds. The molecule has 2 aliphatic rings. The van der Waals surface area contributed by atoms with Gasteiger partial charge in [0.25, 0.3) is 0 Å². The van der Waals surface area contributed by atoms with Crippen LogP contribution >= 0.6 is 0 Å². The molecule has 0 spiro atoms. The zero-order valence-electron chi connectivity index (χ0n) is 16.3. The minimum Gasteiger partial charge on any atom is -0.490 e. The molecular weight excluding hydrogens is 332 g/mol. The van der Waals surface area contributed by atoms with Crippen molar-refractivity contribution in [3.05, 3.63) is 24.0 Å². The Kier molecular flexibility index (Phi) is 5.42. The number of likely N-dealkylation sites (tertiary alicyclic amines) is 1. The molecule has 1 aliphatic carbocycles. The molecule has 1 aliphatic heterocycles. The highest BCUT2D eigenvalue weighted by Crippen LogP contribution is 2.51. The van der Waals surface area contributed by atoms with E-state index in [1.54, 1.807) is 18.2 Å². The van der Waals surface area contributed by atoms with Gasteiger partial charge in [-0.15, -0.1) is 0 Å². The van der Waals surface area contributed by atoms with Crippen LogP contribution in [0.1, 0.15) is 52.0 Å². The van der Waals surface area contributed by atoms with Crippen LogP contribution in [0.25, 0.3) is 0 Å². The van der Waals surface area contributed by atoms with Gasteiger partial charge in [0.1, 0.15) is 18.0 Å². The summed E-state index contributed by atoms with van der Waals surface area (Å²) in [5.74, 6) is 0.766. The molecule has 0 radical (unpaired) electrons. The second kappa shape index (κ2) is 7.43. The van der Waals surface area contributed by atoms with Crippen molar-refractivity contribution in [2.24, 2.45) is 0 Å². The van der Waals surface area contributed by atoms with Gasteiger partial charge in [-0.05, 0) is 63.5 Å². The number of aromatic nitrogens is 1. The fourth-order valence-electron chi connectivity index (χ4n) is 3.29. The molecule has 0 aromatic carbocycles. The summed E-state index contributed by atoms with van der Waals surface area (Å²) in [7, 11) is 1.74. The van der Waals surface area contributed by atoms with Crippen LogP contribution in [0.4, 0.5) is 4.79 Å². The van der Waals surface area contributed by atoms with Crippen molar-refractivity contribution >= 4 is 6.09 Å². The number of rotatable bonds is 7. The fourth-order valence-corrected chi connectivity index (χ4v) is 3.29. The average molecular weight is 362 g/mol. The Bertz CT molecular complexity index is 637. The van der Waals surface area contributed by atoms with E-state index in [-0.39, 0.29) is 17.6 Å². The van der Waals surface area contributed by atoms with E-state index in [9.17, 15) is 4.79 Å². The van der Waals surface area contributed by atoms with Crippen molar-refractivity contribution in [1.82, 2.24) is 9.88 Å². The van der Waals surface area contributed by atoms with Crippen LogP contribution < -0.4 is 4.74 Å². The van der Waals surface area contributed by atoms with Crippen molar-refractivity contribution in [1.29, 1.82) is 0 Å². The molecule has 1 atom stereocenters. The standard InChI is InChI=1S/C20H30N2O4/c1-19(2,3)26-18(23)22-9-5-16(22)14-25-17-11-15(12-21-13-17)20(6-7-20)8-10-24-4/h11-13,16H,5-10,14H2,1-4H3/t16-/m0/s1. The molecule has 2 heterocycles. The van der Waals surface area contributed by atoms with Crippen LogP contribution in [0.2, 0.25) is 0 Å². The number of amides is 1. The summed E-state index contributed by atoms with van der Waals surface area (Å²) in [6, 6.07) is 2.16. The topological polar surface area (TPSA) is 60.9 Å². The highest BCUT2D eigenvalue weighted by molar-refractivity contribution is 5.69. The number of carbonyl (C=O) groups excluding carboxylic acids is 1. The second-order valence-corrected chi connectivity index (χ2v) is 8.36. The summed E-state index contributed by atoms with van der Waals surface area (Å²) in [6.45, 7) is 7.59. The third-order valence-electron chi connectivity index (χ3n) is 5.18. The summed E-state index contributed by atoms with van der Waals surface area (Å²) in [5.41, 5.74) is 0.961. The Morgan fingerprint density at radius 1 is 1.35 bits per heavy atom. The molecule has 1 saturated heterocycles. The van der Waals surface area contributed by atoms with Crippen molar-refractivity contribution in [3.8, 4) is 5.75 Å². The van der Waals surface area contributed by atoms with E-state index in [0.29, 0.717) is 6.61 Å². The van der Waals surface area contributed by atoms with Gasteiger partial charge in [0.15, 0.2) is 0 Å². The molecule has 6 nitrogen and oxygen atoms in total. The maximum atomic E-state index is 12.2. The van der Waals surface area contributed by atoms with Crippen molar-refractivity contribution < 1.29 is 19.0 Å². The summed E-state index contributed by atoms with van der Waals surface area (Å²) < 4.78 is 16.6. The molecule has 1 aromatic heterocycles. The Balaban J connectivity index is 1.54. The number of nitrogens with zero attached hydrogens (tertiary/aromatic N) is 2. The van der Waals surface area contributed by atoms with Crippen LogP contribution in [0.15, 0.2) is 18.5 Å². The summed E-state index contributed by atoms with van der Waals surface area (Å²) in [5, 5.41) is 0. The molecule has 6 heteroatoms. The Hall–Kier alpha value is -1.82. The molecule has 0 bridgehead atoms. The summed E-state index contributed by atoms with van der Waals surface area (Å²) in [4.78, 5) is 18.3. The summed E-state index contributed by atoms with van der Waals surface area (Å²) >= 11 is 0. The SMILES string of the molecule is COCCC1(c2cncc(OC[C@@H]3CCN3C(=O)OC(C)(C)C)c2)CC1. The van der Waals surface area contributed by atoms with Gasteiger partial charge < -0.3 is 19.1 Å². The van der Waals surface area contributed by atoms with Crippen molar-refractivity contribution in [2.75, 3.05) is 26.9 Å². The van der Waals surface area contributed by atoms with E-state index in [1.807, 2.05) is 27.0 Å². The normalized spacial score (nSPS) is 21.1. The molecule has 0 N–H and O–H groups in total. The first-order valence-corrected chi connectivity index (χ1v) is 9.40. The van der Waals surface area contributed by atoms with Gasteiger partial charge in [0.05, 0.1) is 12.2 Å². The van der Waals surface area contributed by atoms with Gasteiger partial charge in [-0.1, -0.05) is 0 Å². The number of hydrogen-bond acceptors (Lipinski definition) is 5. The number of pyridine rings is 1. The van der Waals surface area contributed by atoms with E-state index in [0.717, 1.165) is 31.7 Å². The maximum Gasteiger partial charge on any atom is 0.410 e. The van der Waals surface area contributed by atoms with Gasteiger partial charge >= 0.3 is 6.09 Å². The van der Waals surface area contributed by atoms with E-state index in [1.165, 1.54) is 18.4 Å². The highest BCUT2D eigenvalue weighted by Gasteiger charge is 2.44. The Morgan fingerprint density at radius 3 is 2.69 bits per heavy atom. The van der Waals surface area contributed by atoms with Gasteiger partial charge in [0, 0.05) is 26.5 Å². The third kappa shape index (κ3) is 4.47. The summed E-state index contributed by atoms with van der Waals surface area (Å²) in [6.07, 6.45) is 7.72. The van der Waals surface area contributed by atoms with E-state index >= 15 is 0 Å². The minimum absolute atomic E-state index is 0.0666. The smallest absolute Gasteiger partial charge is 0.410 e. The molecule has 1 saturated carbocycles. The maximum absolute atomic E-state index is 12.2. The molecule has 2 fully saturated rings. The minimum atomic E-state index is -0.475. The quantitative estimate of drug-likeness (QED) is 0.742. The zero-order valence-corrected chi connectivity index (χ0v) is 16.3. The monoisotopic (exact) mass is 362 g/mol. The molecule has 1 aromatic rings. The average Bonchev–Trinajstić information content (AvgIpc) is 3.32. The largest absolute Gasteiger partial charge is 0.490 e. The van der Waals surface area contributed by atoms with Crippen LogP contribution in [0.5, 0.6) is 5.75 Å². The van der Waals surface area contributed by atoms with Crippen molar-refractivity contribution in [2.45, 2.75) is 63.5 Å². The lowest BCUT2D eigenvalue weighted by atomic mass is 9.94. The van der Waals surface area contributed by atoms with E-state index in [2.05, 4.69) is 11.1 Å². The lowest BCUT2D eigenvalue weighted by molar-refractivity contribution is -0.0141. The number of carbonyl (C=O) groups is 1. The van der Waals surface area contributed by atoms with Crippen LogP contribution in [0, 0.1) is 0 Å². The van der Waals surface area contributed by atoms with Gasteiger partial charge in [-0.25, -0.2) is 4.79 Å². The first kappa shape index (κ1) is 19.0. The Morgan fingerprint density at radius 2 is 2.12 bits per heavy atom. The predicted octanol–water partition coefficient (Wildman–Crippen LogP) is 3.54. The lowest BCUT2D eigenvalue weighted by Gasteiger charge is -2.41. The van der Waals surface area contributed by atoms with Crippen LogP contribution in [0.3, 0.4) is 0 Å². The van der Waals surface area contributed by atoms with Crippen LogP contribution in [-0.2, 0) is 14.9 Å². The lowest BCUT2D eigenvalue weighted by Crippen LogP contribution is -2.55. The third-order valence-corrected chi connectivity index (χ3v) is 5.18.